The summed E-state index contributed by atoms with van der Waals surface area (Å²) in [6, 6.07) is 9.11. The topological polar surface area (TPSA) is 78.6 Å². The van der Waals surface area contributed by atoms with E-state index in [-0.39, 0.29) is 24.1 Å². The normalized spacial score (nSPS) is 22.4. The summed E-state index contributed by atoms with van der Waals surface area (Å²) in [4.78, 5) is 33.9. The van der Waals surface area contributed by atoms with Crippen LogP contribution >= 0.6 is 11.6 Å². The number of likely N-dealkylation sites (tertiary alicyclic amines) is 1. The number of hydrogen-bond acceptors (Lipinski definition) is 8. The molecule has 0 aliphatic carbocycles. The van der Waals surface area contributed by atoms with E-state index in [0.717, 1.165) is 54.9 Å². The highest BCUT2D eigenvalue weighted by Gasteiger charge is 2.39. The summed E-state index contributed by atoms with van der Waals surface area (Å²) >= 11 is 6.49. The van der Waals surface area contributed by atoms with Gasteiger partial charge in [0.05, 0.1) is 36.6 Å². The van der Waals surface area contributed by atoms with E-state index in [1.165, 1.54) is 11.0 Å². The van der Waals surface area contributed by atoms with Crippen LogP contribution in [0.4, 0.5) is 20.3 Å². The fourth-order valence-corrected chi connectivity index (χ4v) is 7.66. The molecule has 0 spiro atoms. The van der Waals surface area contributed by atoms with Gasteiger partial charge in [-0.1, -0.05) is 36.4 Å². The number of halogens is 3. The van der Waals surface area contributed by atoms with Gasteiger partial charge in [-0.15, -0.1) is 0 Å². The standard InChI is InChI=1S/C34H36ClF2N7O3/c1-21(36)33(45)44-13-12-43(17-24(44)16-38-2)32-26-9-11-42(29-6-3-5-22-7-8-27(37)31(35)30(22)29)19-28(26)39-34(40-32)46-14-4-10-41-18-25-15-23(41)20-47-25/h3,5-8,23-25H,1,4,9-20H2/t23-,24-,25-/m0/s1. The van der Waals surface area contributed by atoms with Crippen LogP contribution in [0, 0.1) is 12.4 Å². The minimum atomic E-state index is -1.04. The Morgan fingerprint density at radius 3 is 2.81 bits per heavy atom. The molecule has 2 aromatic carbocycles. The van der Waals surface area contributed by atoms with Crippen LogP contribution in [-0.4, -0.2) is 103 Å². The molecule has 4 aliphatic rings. The lowest BCUT2D eigenvalue weighted by Crippen LogP contribution is -2.57. The van der Waals surface area contributed by atoms with E-state index in [9.17, 15) is 13.6 Å². The maximum Gasteiger partial charge on any atom is 0.318 e. The Morgan fingerprint density at radius 1 is 1.17 bits per heavy atom. The van der Waals surface area contributed by atoms with Crippen molar-refractivity contribution in [1.29, 1.82) is 0 Å². The Hall–Kier alpha value is -4.05. The lowest BCUT2D eigenvalue weighted by Gasteiger charge is -2.41. The van der Waals surface area contributed by atoms with Crippen molar-refractivity contribution in [2.24, 2.45) is 0 Å². The summed E-state index contributed by atoms with van der Waals surface area (Å²) in [6.07, 6.45) is 2.85. The van der Waals surface area contributed by atoms with E-state index < -0.39 is 23.6 Å². The first kappa shape index (κ1) is 31.5. The fraction of sp³-hybridized carbons (Fsp3) is 0.471. The van der Waals surface area contributed by atoms with Crippen LogP contribution in [0.5, 0.6) is 6.01 Å². The maximum atomic E-state index is 14.6. The molecule has 1 aromatic heterocycles. The zero-order valence-corrected chi connectivity index (χ0v) is 26.8. The van der Waals surface area contributed by atoms with Crippen LogP contribution in [0.2, 0.25) is 5.02 Å². The zero-order valence-electron chi connectivity index (χ0n) is 26.0. The van der Waals surface area contributed by atoms with Crippen molar-refractivity contribution in [3.8, 4) is 6.01 Å². The summed E-state index contributed by atoms with van der Waals surface area (Å²) in [6.45, 7) is 15.7. The lowest BCUT2D eigenvalue weighted by atomic mass is 10.0. The summed E-state index contributed by atoms with van der Waals surface area (Å²) in [7, 11) is 0. The number of hydrogen-bond donors (Lipinski definition) is 0. The molecule has 13 heteroatoms. The number of aromatic nitrogens is 2. The Balaban J connectivity index is 1.16. The van der Waals surface area contributed by atoms with Gasteiger partial charge in [0.2, 0.25) is 6.54 Å². The number of amides is 1. The molecule has 3 fully saturated rings. The quantitative estimate of drug-likeness (QED) is 0.186. The van der Waals surface area contributed by atoms with E-state index in [0.29, 0.717) is 62.6 Å². The molecular formula is C34H36ClF2N7O3. The van der Waals surface area contributed by atoms with Gasteiger partial charge in [-0.3, -0.25) is 9.69 Å². The zero-order chi connectivity index (χ0) is 32.7. The highest BCUT2D eigenvalue weighted by atomic mass is 35.5. The highest BCUT2D eigenvalue weighted by molar-refractivity contribution is 6.36. The average Bonchev–Trinajstić information content (AvgIpc) is 3.71. The molecule has 246 valence electrons. The van der Waals surface area contributed by atoms with E-state index in [1.807, 2.05) is 18.2 Å². The number of rotatable bonds is 9. The molecule has 7 rings (SSSR count). The molecule has 0 unspecified atom stereocenters. The minimum absolute atomic E-state index is 0.0295. The molecule has 0 radical (unpaired) electrons. The number of nitrogens with zero attached hydrogens (tertiary/aromatic N) is 7. The third kappa shape index (κ3) is 6.20. The monoisotopic (exact) mass is 663 g/mol. The minimum Gasteiger partial charge on any atom is -0.463 e. The predicted octanol–water partition coefficient (Wildman–Crippen LogP) is 4.65. The van der Waals surface area contributed by atoms with Crippen molar-refractivity contribution in [2.45, 2.75) is 44.0 Å². The fourth-order valence-electron chi connectivity index (χ4n) is 7.39. The molecule has 3 atom stereocenters. The van der Waals surface area contributed by atoms with Gasteiger partial charge in [0, 0.05) is 61.9 Å². The van der Waals surface area contributed by atoms with Gasteiger partial charge in [0.1, 0.15) is 17.7 Å². The lowest BCUT2D eigenvalue weighted by molar-refractivity contribution is -0.131. The SMILES string of the molecule is [C-]#[N+]C[C@H]1CN(c2nc(OCCCN3C[C@@H]4C[C@H]3CO4)nc3c2CCN(c2cccc4ccc(F)c(Cl)c24)C3)CCN1C(=O)C(=C)F. The van der Waals surface area contributed by atoms with Crippen molar-refractivity contribution in [3.05, 3.63) is 76.3 Å². The number of carbonyl (C=O) groups is 1. The van der Waals surface area contributed by atoms with Crippen LogP contribution < -0.4 is 14.5 Å². The van der Waals surface area contributed by atoms with Gasteiger partial charge < -0.3 is 29.0 Å². The Bertz CT molecular complexity index is 1750. The van der Waals surface area contributed by atoms with Crippen LogP contribution in [0.15, 0.2) is 42.7 Å². The number of anilines is 2. The summed E-state index contributed by atoms with van der Waals surface area (Å²) in [5, 5.41) is 1.59. The molecule has 1 amide bonds. The second kappa shape index (κ2) is 13.2. The second-order valence-corrected chi connectivity index (χ2v) is 12.9. The third-order valence-electron chi connectivity index (χ3n) is 9.69. The van der Waals surface area contributed by atoms with Crippen LogP contribution in [-0.2, 0) is 22.5 Å². The van der Waals surface area contributed by atoms with Crippen molar-refractivity contribution >= 4 is 39.8 Å². The third-order valence-corrected chi connectivity index (χ3v) is 10.1. The molecule has 47 heavy (non-hydrogen) atoms. The largest absolute Gasteiger partial charge is 0.463 e. The van der Waals surface area contributed by atoms with Gasteiger partial charge in [-0.05, 0) is 36.8 Å². The van der Waals surface area contributed by atoms with Crippen LogP contribution in [0.1, 0.15) is 24.1 Å². The van der Waals surface area contributed by atoms with Crippen molar-refractivity contribution < 1.29 is 23.0 Å². The highest BCUT2D eigenvalue weighted by Crippen LogP contribution is 2.38. The molecule has 3 aromatic rings. The van der Waals surface area contributed by atoms with E-state index in [2.05, 4.69) is 26.1 Å². The number of morpholine rings is 1. The molecule has 0 saturated carbocycles. The van der Waals surface area contributed by atoms with Crippen LogP contribution in [0.3, 0.4) is 0 Å². The summed E-state index contributed by atoms with van der Waals surface area (Å²) < 4.78 is 40.3. The molecule has 5 heterocycles. The number of piperazine rings is 1. The number of ether oxygens (including phenoxy) is 2. The smallest absolute Gasteiger partial charge is 0.318 e. The number of carbonyl (C=O) groups excluding carboxylic acids is 1. The van der Waals surface area contributed by atoms with Gasteiger partial charge in [0.15, 0.2) is 5.83 Å². The molecule has 0 N–H and O–H groups in total. The Labute approximate surface area is 277 Å². The predicted molar refractivity (Wildman–Crippen MR) is 175 cm³/mol. The van der Waals surface area contributed by atoms with E-state index in [4.69, 9.17) is 37.6 Å². The molecule has 2 bridgehead atoms. The maximum absolute atomic E-state index is 14.6. The molecule has 4 aliphatic heterocycles. The van der Waals surface area contributed by atoms with Crippen molar-refractivity contribution in [2.75, 3.05) is 68.8 Å². The first-order valence-electron chi connectivity index (χ1n) is 16.0. The summed E-state index contributed by atoms with van der Waals surface area (Å²) in [5.74, 6) is -1.60. The Kier molecular flexibility index (Phi) is 8.87. The van der Waals surface area contributed by atoms with Gasteiger partial charge >= 0.3 is 6.01 Å². The van der Waals surface area contributed by atoms with Gasteiger partial charge in [0.25, 0.3) is 5.91 Å². The van der Waals surface area contributed by atoms with Crippen molar-refractivity contribution in [3.63, 3.8) is 0 Å². The first-order chi connectivity index (χ1) is 22.8. The van der Waals surface area contributed by atoms with E-state index in [1.54, 1.807) is 6.07 Å². The van der Waals surface area contributed by atoms with Gasteiger partial charge in [-0.25, -0.2) is 15.4 Å². The molecule has 10 nitrogen and oxygen atoms in total. The van der Waals surface area contributed by atoms with E-state index >= 15 is 0 Å². The Morgan fingerprint density at radius 2 is 2.04 bits per heavy atom. The van der Waals surface area contributed by atoms with Crippen molar-refractivity contribution in [1.82, 2.24) is 19.8 Å². The first-order valence-corrected chi connectivity index (χ1v) is 16.4. The molecular weight excluding hydrogens is 628 g/mol. The average molecular weight is 664 g/mol. The second-order valence-electron chi connectivity index (χ2n) is 12.5. The summed E-state index contributed by atoms with van der Waals surface area (Å²) in [5.41, 5.74) is 2.56. The molecule has 3 saturated heterocycles. The van der Waals surface area contributed by atoms with Gasteiger partial charge in [-0.2, -0.15) is 9.97 Å². The van der Waals surface area contributed by atoms with Crippen LogP contribution in [0.25, 0.3) is 15.6 Å². The number of benzene rings is 2. The number of fused-ring (bicyclic) bond motifs is 4.